The zero-order valence-electron chi connectivity index (χ0n) is 17.0. The average molecular weight is 439 g/mol. The van der Waals surface area contributed by atoms with Crippen molar-refractivity contribution in [3.8, 4) is 0 Å². The quantitative estimate of drug-likeness (QED) is 0.528. The number of carbonyl (C=O) groups is 1. The zero-order valence-corrected chi connectivity index (χ0v) is 18.6. The van der Waals surface area contributed by atoms with Gasteiger partial charge >= 0.3 is 5.97 Å². The molecule has 0 spiro atoms. The normalized spacial score (nSPS) is 11.6. The highest BCUT2D eigenvalue weighted by Gasteiger charge is 2.22. The molecule has 0 aliphatic carbocycles. The van der Waals surface area contributed by atoms with E-state index >= 15 is 0 Å². The van der Waals surface area contributed by atoms with E-state index in [0.29, 0.717) is 28.9 Å². The van der Waals surface area contributed by atoms with Crippen LogP contribution in [-0.2, 0) is 14.8 Å². The van der Waals surface area contributed by atoms with Crippen LogP contribution in [0.4, 0.5) is 11.4 Å². The van der Waals surface area contributed by atoms with Gasteiger partial charge in [-0.3, -0.25) is 4.72 Å². The van der Waals surface area contributed by atoms with Crippen molar-refractivity contribution in [2.75, 3.05) is 16.6 Å². The lowest BCUT2D eigenvalue weighted by molar-refractivity contribution is 0.0377. The summed E-state index contributed by atoms with van der Waals surface area (Å²) in [6.45, 7) is 8.26. The maximum Gasteiger partial charge on any atom is 0.338 e. The number of hydrogen-bond donors (Lipinski definition) is 2. The summed E-state index contributed by atoms with van der Waals surface area (Å²) in [6, 6.07) is 10.8. The van der Waals surface area contributed by atoms with E-state index in [4.69, 9.17) is 16.3 Å². The largest absolute Gasteiger partial charge is 0.459 e. The first-order valence-corrected chi connectivity index (χ1v) is 11.3. The molecule has 2 N–H and O–H groups in total. The Morgan fingerprint density at radius 3 is 2.31 bits per heavy atom. The van der Waals surface area contributed by atoms with E-state index < -0.39 is 16.0 Å². The highest BCUT2D eigenvalue weighted by Crippen LogP contribution is 2.26. The Morgan fingerprint density at radius 2 is 1.72 bits per heavy atom. The van der Waals surface area contributed by atoms with Gasteiger partial charge in [0.2, 0.25) is 0 Å². The van der Waals surface area contributed by atoms with Crippen LogP contribution in [0.25, 0.3) is 0 Å². The minimum atomic E-state index is -3.96. The number of ether oxygens (including phenoxy) is 1. The summed E-state index contributed by atoms with van der Waals surface area (Å²) in [7, 11) is -3.96. The van der Waals surface area contributed by atoms with Crippen molar-refractivity contribution in [2.24, 2.45) is 5.92 Å². The Kier molecular flexibility index (Phi) is 7.93. The molecule has 0 aliphatic heterocycles. The van der Waals surface area contributed by atoms with Crippen LogP contribution in [0, 0.1) is 5.92 Å². The van der Waals surface area contributed by atoms with E-state index in [0.717, 1.165) is 6.42 Å². The molecule has 0 atom stereocenters. The van der Waals surface area contributed by atoms with E-state index in [-0.39, 0.29) is 16.6 Å². The molecule has 0 aromatic heterocycles. The molecule has 0 unspecified atom stereocenters. The molecule has 2 aromatic rings. The first-order valence-electron chi connectivity index (χ1n) is 9.46. The standard InChI is InChI=1S/C21H27ClN2O4S/c1-14(2)11-12-23-19-10-5-16(21(25)28-15(3)4)13-20(19)29(26,27)24-18-8-6-17(22)7-9-18/h5-10,13-15,23-24H,11-12H2,1-4H3. The molecule has 2 rings (SSSR count). The van der Waals surface area contributed by atoms with Crippen LogP contribution in [-0.4, -0.2) is 27.0 Å². The Hall–Kier alpha value is -2.25. The predicted octanol–water partition coefficient (Wildman–Crippen LogP) is 5.16. The number of esters is 1. The molecule has 6 nitrogen and oxygen atoms in total. The van der Waals surface area contributed by atoms with Crippen molar-refractivity contribution in [2.45, 2.75) is 45.1 Å². The Morgan fingerprint density at radius 1 is 1.07 bits per heavy atom. The maximum atomic E-state index is 13.1. The van der Waals surface area contributed by atoms with Gasteiger partial charge in [0, 0.05) is 17.3 Å². The van der Waals surface area contributed by atoms with Gasteiger partial charge in [-0.1, -0.05) is 25.4 Å². The van der Waals surface area contributed by atoms with Crippen LogP contribution in [0.15, 0.2) is 47.4 Å². The number of anilines is 2. The summed E-state index contributed by atoms with van der Waals surface area (Å²) in [4.78, 5) is 12.3. The monoisotopic (exact) mass is 438 g/mol. The van der Waals surface area contributed by atoms with Crippen LogP contribution in [0.3, 0.4) is 0 Å². The number of halogens is 1. The molecule has 0 saturated carbocycles. The van der Waals surface area contributed by atoms with Crippen LogP contribution in [0.1, 0.15) is 44.5 Å². The molecule has 29 heavy (non-hydrogen) atoms. The smallest absolute Gasteiger partial charge is 0.338 e. The van der Waals surface area contributed by atoms with Gasteiger partial charge in [0.1, 0.15) is 4.90 Å². The van der Waals surface area contributed by atoms with Crippen molar-refractivity contribution in [1.82, 2.24) is 0 Å². The second-order valence-electron chi connectivity index (χ2n) is 7.39. The minimum absolute atomic E-state index is 0.0191. The van der Waals surface area contributed by atoms with Crippen LogP contribution in [0.2, 0.25) is 5.02 Å². The van der Waals surface area contributed by atoms with Crippen molar-refractivity contribution < 1.29 is 17.9 Å². The molecule has 0 bridgehead atoms. The van der Waals surface area contributed by atoms with Gasteiger partial charge < -0.3 is 10.1 Å². The molecule has 0 fully saturated rings. The van der Waals surface area contributed by atoms with Crippen molar-refractivity contribution in [3.63, 3.8) is 0 Å². The fraction of sp³-hybridized carbons (Fsp3) is 0.381. The van der Waals surface area contributed by atoms with E-state index in [1.54, 1.807) is 50.2 Å². The SMILES string of the molecule is CC(C)CCNc1ccc(C(=O)OC(C)C)cc1S(=O)(=O)Nc1ccc(Cl)cc1. The van der Waals surface area contributed by atoms with Gasteiger partial charge in [-0.25, -0.2) is 13.2 Å². The number of nitrogens with one attached hydrogen (secondary N) is 2. The van der Waals surface area contributed by atoms with E-state index in [1.165, 1.54) is 6.07 Å². The van der Waals surface area contributed by atoms with Crippen molar-refractivity contribution in [1.29, 1.82) is 0 Å². The van der Waals surface area contributed by atoms with Gasteiger partial charge in [0.25, 0.3) is 10.0 Å². The molecule has 8 heteroatoms. The van der Waals surface area contributed by atoms with Crippen LogP contribution < -0.4 is 10.0 Å². The van der Waals surface area contributed by atoms with Gasteiger partial charge in [-0.2, -0.15) is 0 Å². The lowest BCUT2D eigenvalue weighted by Gasteiger charge is -2.16. The first kappa shape index (κ1) is 23.0. The molecule has 2 aromatic carbocycles. The fourth-order valence-corrected chi connectivity index (χ4v) is 3.92. The summed E-state index contributed by atoms with van der Waals surface area (Å²) in [6.07, 6.45) is 0.569. The Labute approximate surface area is 177 Å². The number of rotatable bonds is 9. The third-order valence-electron chi connectivity index (χ3n) is 3.98. The molecular weight excluding hydrogens is 412 g/mol. The first-order chi connectivity index (χ1) is 13.6. The second-order valence-corrected chi connectivity index (χ2v) is 9.47. The summed E-state index contributed by atoms with van der Waals surface area (Å²) in [5, 5.41) is 3.66. The van der Waals surface area contributed by atoms with E-state index in [2.05, 4.69) is 23.9 Å². The summed E-state index contributed by atoms with van der Waals surface area (Å²) in [5.74, 6) is -0.105. The highest BCUT2D eigenvalue weighted by atomic mass is 35.5. The second kappa shape index (κ2) is 9.98. The fourth-order valence-electron chi connectivity index (χ4n) is 2.52. The van der Waals surface area contributed by atoms with Crippen molar-refractivity contribution >= 4 is 39.0 Å². The van der Waals surface area contributed by atoms with E-state index in [9.17, 15) is 13.2 Å². The summed E-state index contributed by atoms with van der Waals surface area (Å²) < 4.78 is 33.9. The lowest BCUT2D eigenvalue weighted by Crippen LogP contribution is -2.18. The van der Waals surface area contributed by atoms with E-state index in [1.807, 2.05) is 0 Å². The number of sulfonamides is 1. The van der Waals surface area contributed by atoms with Gasteiger partial charge in [-0.15, -0.1) is 0 Å². The predicted molar refractivity (Wildman–Crippen MR) is 117 cm³/mol. The Balaban J connectivity index is 2.39. The highest BCUT2D eigenvalue weighted by molar-refractivity contribution is 7.92. The molecule has 158 valence electrons. The molecule has 0 saturated heterocycles. The van der Waals surface area contributed by atoms with Gasteiger partial charge in [0.05, 0.1) is 17.4 Å². The van der Waals surface area contributed by atoms with Crippen LogP contribution >= 0.6 is 11.6 Å². The van der Waals surface area contributed by atoms with Crippen molar-refractivity contribution in [3.05, 3.63) is 53.1 Å². The number of hydrogen-bond acceptors (Lipinski definition) is 5. The summed E-state index contributed by atoms with van der Waals surface area (Å²) in [5.41, 5.74) is 0.968. The number of benzene rings is 2. The Bertz CT molecular complexity index is 942. The lowest BCUT2D eigenvalue weighted by atomic mass is 10.1. The topological polar surface area (TPSA) is 84.5 Å². The van der Waals surface area contributed by atoms with Gasteiger partial charge in [0.15, 0.2) is 0 Å². The summed E-state index contributed by atoms with van der Waals surface area (Å²) >= 11 is 5.87. The molecule has 0 heterocycles. The minimum Gasteiger partial charge on any atom is -0.459 e. The molecular formula is C21H27ClN2O4S. The number of carbonyl (C=O) groups excluding carboxylic acids is 1. The van der Waals surface area contributed by atoms with Crippen LogP contribution in [0.5, 0.6) is 0 Å². The van der Waals surface area contributed by atoms with Gasteiger partial charge in [-0.05, 0) is 68.7 Å². The third kappa shape index (κ3) is 6.94. The molecule has 0 radical (unpaired) electrons. The third-order valence-corrected chi connectivity index (χ3v) is 5.66. The molecule has 0 amide bonds. The maximum absolute atomic E-state index is 13.1. The molecule has 0 aliphatic rings. The average Bonchev–Trinajstić information content (AvgIpc) is 2.62. The zero-order chi connectivity index (χ0) is 21.6.